The minimum absolute atomic E-state index is 0.0443. The third kappa shape index (κ3) is 4.13. The lowest BCUT2D eigenvalue weighted by Crippen LogP contribution is -2.26. The summed E-state index contributed by atoms with van der Waals surface area (Å²) in [5.41, 5.74) is 3.97. The Morgan fingerprint density at radius 2 is 2.04 bits per heavy atom. The number of pyridine rings is 1. The second-order valence-electron chi connectivity index (χ2n) is 6.75. The molecule has 0 bridgehead atoms. The molecule has 5 nitrogen and oxygen atoms in total. The average molecular weight is 365 g/mol. The van der Waals surface area contributed by atoms with Crippen LogP contribution in [0, 0.1) is 6.92 Å². The third-order valence-corrected chi connectivity index (χ3v) is 4.87. The molecule has 1 aromatic carbocycles. The lowest BCUT2D eigenvalue weighted by Gasteiger charge is -2.20. The fourth-order valence-electron chi connectivity index (χ4n) is 3.47. The zero-order valence-electron chi connectivity index (χ0n) is 16.2. The molecule has 142 valence electrons. The normalized spacial score (nSPS) is 12.1. The fourth-order valence-corrected chi connectivity index (χ4v) is 3.47. The number of unbranched alkanes of at least 4 members (excludes halogenated alkanes) is 1. The number of hydrogen-bond donors (Lipinski definition) is 1. The van der Waals surface area contributed by atoms with Gasteiger partial charge in [0, 0.05) is 36.3 Å². The predicted molar refractivity (Wildman–Crippen MR) is 107 cm³/mol. The smallest absolute Gasteiger partial charge is 0.221 e. The number of aromatic nitrogens is 2. The van der Waals surface area contributed by atoms with Crippen LogP contribution in [0.5, 0.6) is 5.75 Å². The molecule has 3 rings (SSSR count). The molecule has 27 heavy (non-hydrogen) atoms. The van der Waals surface area contributed by atoms with Crippen LogP contribution >= 0.6 is 0 Å². The highest BCUT2D eigenvalue weighted by Gasteiger charge is 2.25. The van der Waals surface area contributed by atoms with E-state index in [1.54, 1.807) is 7.11 Å². The molecule has 5 heteroatoms. The fraction of sp³-hybridized carbons (Fsp3) is 0.364. The lowest BCUT2D eigenvalue weighted by atomic mass is 9.91. The van der Waals surface area contributed by atoms with Gasteiger partial charge in [-0.2, -0.15) is 0 Å². The van der Waals surface area contributed by atoms with Crippen molar-refractivity contribution in [2.75, 3.05) is 13.7 Å². The van der Waals surface area contributed by atoms with Crippen molar-refractivity contribution in [3.63, 3.8) is 0 Å². The molecule has 1 amide bonds. The third-order valence-electron chi connectivity index (χ3n) is 4.87. The van der Waals surface area contributed by atoms with Gasteiger partial charge in [0.25, 0.3) is 0 Å². The Hall–Kier alpha value is -2.82. The van der Waals surface area contributed by atoms with Gasteiger partial charge in [-0.1, -0.05) is 37.6 Å². The Morgan fingerprint density at radius 3 is 2.81 bits per heavy atom. The number of rotatable bonds is 8. The molecule has 2 heterocycles. The molecule has 0 aliphatic carbocycles. The Labute approximate surface area is 160 Å². The number of para-hydroxylation sites is 1. The number of carbonyl (C=O) groups is 1. The SMILES string of the molecule is CCCCNC(=O)CC(c1ccccc1OC)c1cnc2cccc(C)n12. The van der Waals surface area contributed by atoms with Crippen molar-refractivity contribution in [1.82, 2.24) is 14.7 Å². The number of ether oxygens (including phenoxy) is 1. The number of benzene rings is 1. The Morgan fingerprint density at radius 1 is 1.22 bits per heavy atom. The first-order chi connectivity index (χ1) is 13.2. The Bertz CT molecular complexity index is 917. The molecule has 3 aromatic rings. The largest absolute Gasteiger partial charge is 0.496 e. The summed E-state index contributed by atoms with van der Waals surface area (Å²) in [5.74, 6) is 0.689. The zero-order valence-corrected chi connectivity index (χ0v) is 16.2. The van der Waals surface area contributed by atoms with E-state index in [1.165, 1.54) is 0 Å². The Balaban J connectivity index is 2.03. The first kappa shape index (κ1) is 19.0. The van der Waals surface area contributed by atoms with Crippen molar-refractivity contribution < 1.29 is 9.53 Å². The molecule has 0 saturated carbocycles. The minimum atomic E-state index is -0.140. The van der Waals surface area contributed by atoms with Crippen LogP contribution in [0.4, 0.5) is 0 Å². The van der Waals surface area contributed by atoms with Crippen LogP contribution in [0.1, 0.15) is 49.1 Å². The molecule has 0 spiro atoms. The number of nitrogens with one attached hydrogen (secondary N) is 1. The van der Waals surface area contributed by atoms with Crippen molar-refractivity contribution >= 4 is 11.6 Å². The molecule has 0 radical (unpaired) electrons. The number of amides is 1. The van der Waals surface area contributed by atoms with E-state index in [4.69, 9.17) is 4.74 Å². The van der Waals surface area contributed by atoms with E-state index in [1.807, 2.05) is 42.6 Å². The van der Waals surface area contributed by atoms with Crippen LogP contribution in [0.2, 0.25) is 0 Å². The van der Waals surface area contributed by atoms with E-state index >= 15 is 0 Å². The monoisotopic (exact) mass is 365 g/mol. The molecule has 0 aliphatic rings. The summed E-state index contributed by atoms with van der Waals surface area (Å²) >= 11 is 0. The molecular weight excluding hydrogens is 338 g/mol. The number of nitrogens with zero attached hydrogens (tertiary/aromatic N) is 2. The standard InChI is InChI=1S/C22H27N3O2/c1-4-5-13-23-22(26)14-18(17-10-6-7-11-20(17)27-3)19-15-24-21-12-8-9-16(2)25(19)21/h6-12,15,18H,4-5,13-14H2,1-3H3,(H,23,26). The van der Waals surface area contributed by atoms with Gasteiger partial charge in [-0.05, 0) is 31.5 Å². The summed E-state index contributed by atoms with van der Waals surface area (Å²) in [6.45, 7) is 4.88. The molecule has 0 fully saturated rings. The topological polar surface area (TPSA) is 55.6 Å². The number of fused-ring (bicyclic) bond motifs is 1. The molecular formula is C22H27N3O2. The Kier molecular flexibility index (Phi) is 6.12. The van der Waals surface area contributed by atoms with Crippen LogP contribution in [0.15, 0.2) is 48.7 Å². The second-order valence-corrected chi connectivity index (χ2v) is 6.75. The molecule has 1 N–H and O–H groups in total. The van der Waals surface area contributed by atoms with Gasteiger partial charge in [0.1, 0.15) is 11.4 Å². The maximum atomic E-state index is 12.6. The van der Waals surface area contributed by atoms with Gasteiger partial charge in [0.2, 0.25) is 5.91 Å². The van der Waals surface area contributed by atoms with Gasteiger partial charge in [-0.25, -0.2) is 4.98 Å². The van der Waals surface area contributed by atoms with E-state index < -0.39 is 0 Å². The average Bonchev–Trinajstić information content (AvgIpc) is 3.11. The summed E-state index contributed by atoms with van der Waals surface area (Å²) < 4.78 is 7.71. The van der Waals surface area contributed by atoms with Crippen LogP contribution in [-0.2, 0) is 4.79 Å². The molecule has 0 saturated heterocycles. The number of carbonyl (C=O) groups excluding carboxylic acids is 1. The maximum Gasteiger partial charge on any atom is 0.221 e. The van der Waals surface area contributed by atoms with Crippen molar-refractivity contribution in [3.05, 3.63) is 65.6 Å². The highest BCUT2D eigenvalue weighted by atomic mass is 16.5. The molecule has 1 unspecified atom stereocenters. The summed E-state index contributed by atoms with van der Waals surface area (Å²) in [7, 11) is 1.66. The van der Waals surface area contributed by atoms with Gasteiger partial charge >= 0.3 is 0 Å². The number of imidazole rings is 1. The van der Waals surface area contributed by atoms with E-state index in [0.29, 0.717) is 13.0 Å². The lowest BCUT2D eigenvalue weighted by molar-refractivity contribution is -0.121. The summed E-state index contributed by atoms with van der Waals surface area (Å²) in [4.78, 5) is 17.2. The van der Waals surface area contributed by atoms with E-state index in [2.05, 4.69) is 34.6 Å². The summed E-state index contributed by atoms with van der Waals surface area (Å²) in [6.07, 6.45) is 4.27. The van der Waals surface area contributed by atoms with Crippen molar-refractivity contribution in [2.45, 2.75) is 39.0 Å². The number of methoxy groups -OCH3 is 1. The van der Waals surface area contributed by atoms with Crippen LogP contribution in [-0.4, -0.2) is 28.9 Å². The highest BCUT2D eigenvalue weighted by Crippen LogP contribution is 2.35. The van der Waals surface area contributed by atoms with Gasteiger partial charge < -0.3 is 14.5 Å². The van der Waals surface area contributed by atoms with E-state index in [-0.39, 0.29) is 11.8 Å². The number of aryl methyl sites for hydroxylation is 1. The number of hydrogen-bond acceptors (Lipinski definition) is 3. The van der Waals surface area contributed by atoms with Crippen LogP contribution in [0.3, 0.4) is 0 Å². The van der Waals surface area contributed by atoms with E-state index in [9.17, 15) is 4.79 Å². The predicted octanol–water partition coefficient (Wildman–Crippen LogP) is 4.09. The summed E-state index contributed by atoms with van der Waals surface area (Å²) in [6, 6.07) is 13.9. The highest BCUT2D eigenvalue weighted by molar-refractivity contribution is 5.77. The summed E-state index contributed by atoms with van der Waals surface area (Å²) in [5, 5.41) is 3.04. The molecule has 0 aliphatic heterocycles. The second kappa shape index (κ2) is 8.71. The molecule has 1 atom stereocenters. The van der Waals surface area contributed by atoms with Gasteiger partial charge in [0.15, 0.2) is 0 Å². The maximum absolute atomic E-state index is 12.6. The van der Waals surface area contributed by atoms with Crippen LogP contribution in [0.25, 0.3) is 5.65 Å². The zero-order chi connectivity index (χ0) is 19.2. The van der Waals surface area contributed by atoms with Crippen molar-refractivity contribution in [1.29, 1.82) is 0 Å². The van der Waals surface area contributed by atoms with Gasteiger partial charge in [-0.15, -0.1) is 0 Å². The van der Waals surface area contributed by atoms with Crippen molar-refractivity contribution in [3.8, 4) is 5.75 Å². The van der Waals surface area contributed by atoms with E-state index in [0.717, 1.165) is 41.2 Å². The van der Waals surface area contributed by atoms with Gasteiger partial charge in [-0.3, -0.25) is 4.79 Å². The first-order valence-electron chi connectivity index (χ1n) is 9.48. The quantitative estimate of drug-likeness (QED) is 0.612. The first-order valence-corrected chi connectivity index (χ1v) is 9.48. The molecule has 2 aromatic heterocycles. The van der Waals surface area contributed by atoms with Gasteiger partial charge in [0.05, 0.1) is 12.8 Å². The minimum Gasteiger partial charge on any atom is -0.496 e. The van der Waals surface area contributed by atoms with Crippen molar-refractivity contribution in [2.24, 2.45) is 0 Å². The van der Waals surface area contributed by atoms with Crippen LogP contribution < -0.4 is 10.1 Å².